The van der Waals surface area contributed by atoms with Crippen molar-refractivity contribution in [3.63, 3.8) is 0 Å². The zero-order chi connectivity index (χ0) is 10.6. The van der Waals surface area contributed by atoms with Gasteiger partial charge < -0.3 is 5.11 Å². The van der Waals surface area contributed by atoms with Crippen molar-refractivity contribution in [1.29, 1.82) is 0 Å². The quantitative estimate of drug-likeness (QED) is 0.776. The van der Waals surface area contributed by atoms with Crippen molar-refractivity contribution in [1.82, 2.24) is 0 Å². The summed E-state index contributed by atoms with van der Waals surface area (Å²) in [4.78, 5) is 0. The zero-order valence-electron chi connectivity index (χ0n) is 9.09. The molecule has 77 valence electrons. The maximum absolute atomic E-state index is 9.11. The van der Waals surface area contributed by atoms with Crippen molar-refractivity contribution in [3.8, 4) is 0 Å². The molecule has 0 aromatic heterocycles. The van der Waals surface area contributed by atoms with Gasteiger partial charge in [0, 0.05) is 12.5 Å². The molecule has 0 aliphatic carbocycles. The fraction of sp³-hybridized carbons (Fsp3) is 0.462. The number of aryl methyl sites for hydroxylation is 2. The Morgan fingerprint density at radius 3 is 2.50 bits per heavy atom. The Hall–Kier alpha value is -0.820. The summed E-state index contributed by atoms with van der Waals surface area (Å²) in [6.07, 6.45) is 2.04. The monoisotopic (exact) mass is 191 g/mol. The predicted octanol–water partition coefficient (Wildman–Crippen LogP) is 2.72. The first-order chi connectivity index (χ1) is 6.72. The zero-order valence-corrected chi connectivity index (χ0v) is 9.09. The third kappa shape index (κ3) is 2.36. The molecule has 0 aliphatic rings. The fourth-order valence-corrected chi connectivity index (χ4v) is 1.66. The lowest BCUT2D eigenvalue weighted by molar-refractivity contribution is 0.282. The van der Waals surface area contributed by atoms with Crippen molar-refractivity contribution in [2.24, 2.45) is 0 Å². The molecule has 1 heteroatoms. The number of aliphatic hydroxyl groups is 1. The highest BCUT2D eigenvalue weighted by atomic mass is 16.3. The molecule has 0 aliphatic heterocycles. The summed E-state index contributed by atoms with van der Waals surface area (Å²) in [5.74, 6) is 0.0106. The van der Waals surface area contributed by atoms with Gasteiger partial charge >= 0.3 is 0 Å². The van der Waals surface area contributed by atoms with E-state index in [0.29, 0.717) is 0 Å². The van der Waals surface area contributed by atoms with Crippen molar-refractivity contribution in [3.05, 3.63) is 41.8 Å². The topological polar surface area (TPSA) is 20.2 Å². The Morgan fingerprint density at radius 2 is 2.00 bits per heavy atom. The molecular weight excluding hydrogens is 172 g/mol. The van der Waals surface area contributed by atoms with Gasteiger partial charge in [0.25, 0.3) is 0 Å². The Kier molecular flexibility index (Phi) is 4.15. The van der Waals surface area contributed by atoms with Crippen LogP contribution in [0.1, 0.15) is 36.5 Å². The van der Waals surface area contributed by atoms with E-state index in [1.54, 1.807) is 0 Å². The second-order valence-corrected chi connectivity index (χ2v) is 3.62. The number of rotatable bonds is 4. The number of hydrogen-bond donors (Lipinski definition) is 1. The van der Waals surface area contributed by atoms with E-state index in [-0.39, 0.29) is 12.5 Å². The van der Waals surface area contributed by atoms with E-state index >= 15 is 0 Å². The third-order valence-electron chi connectivity index (χ3n) is 2.66. The van der Waals surface area contributed by atoms with Crippen LogP contribution in [0, 0.1) is 6.92 Å². The largest absolute Gasteiger partial charge is 0.396 e. The Morgan fingerprint density at radius 1 is 1.29 bits per heavy atom. The van der Waals surface area contributed by atoms with E-state index in [4.69, 9.17) is 5.11 Å². The summed E-state index contributed by atoms with van der Waals surface area (Å²) in [7, 11) is 0. The Labute approximate surface area is 86.8 Å². The van der Waals surface area contributed by atoms with E-state index in [9.17, 15) is 0 Å². The van der Waals surface area contributed by atoms with E-state index in [2.05, 4.69) is 39.0 Å². The summed E-state index contributed by atoms with van der Waals surface area (Å²) in [5, 5.41) is 9.11. The maximum atomic E-state index is 9.11. The molecule has 0 saturated heterocycles. The van der Waals surface area contributed by atoms with E-state index < -0.39 is 0 Å². The standard InChI is InChI=1S/C13H19O/c1-4-11-6-7-12(5-2)13(8-11)10(3)9-14/h6-8,10,14H,3-5,9H2,1-2H3. The summed E-state index contributed by atoms with van der Waals surface area (Å²) in [6.45, 7) is 8.36. The predicted molar refractivity (Wildman–Crippen MR) is 60.4 cm³/mol. The van der Waals surface area contributed by atoms with E-state index in [1.165, 1.54) is 16.7 Å². The third-order valence-corrected chi connectivity index (χ3v) is 2.66. The lowest BCUT2D eigenvalue weighted by Gasteiger charge is -2.14. The van der Waals surface area contributed by atoms with Crippen LogP contribution >= 0.6 is 0 Å². The van der Waals surface area contributed by atoms with Gasteiger partial charge in [0.15, 0.2) is 0 Å². The molecule has 1 nitrogen and oxygen atoms in total. The summed E-state index contributed by atoms with van der Waals surface area (Å²) < 4.78 is 0. The molecule has 1 aromatic carbocycles. The summed E-state index contributed by atoms with van der Waals surface area (Å²) >= 11 is 0. The van der Waals surface area contributed by atoms with Crippen LogP contribution in [0.25, 0.3) is 0 Å². The first-order valence-electron chi connectivity index (χ1n) is 5.28. The summed E-state index contributed by atoms with van der Waals surface area (Å²) in [6, 6.07) is 6.49. The van der Waals surface area contributed by atoms with Gasteiger partial charge in [-0.2, -0.15) is 0 Å². The van der Waals surface area contributed by atoms with Gasteiger partial charge in [-0.25, -0.2) is 0 Å². The second-order valence-electron chi connectivity index (χ2n) is 3.62. The Balaban J connectivity index is 3.08. The van der Waals surface area contributed by atoms with Crippen LogP contribution in [0.3, 0.4) is 0 Å². The van der Waals surface area contributed by atoms with Crippen LogP contribution < -0.4 is 0 Å². The molecule has 0 fully saturated rings. The van der Waals surface area contributed by atoms with E-state index in [0.717, 1.165) is 12.8 Å². The van der Waals surface area contributed by atoms with Crippen LogP contribution in [-0.4, -0.2) is 11.7 Å². The highest BCUT2D eigenvalue weighted by Crippen LogP contribution is 2.21. The van der Waals surface area contributed by atoms with Crippen molar-refractivity contribution < 1.29 is 5.11 Å². The van der Waals surface area contributed by atoms with Gasteiger partial charge in [0.1, 0.15) is 0 Å². The smallest absolute Gasteiger partial charge is 0.0499 e. The van der Waals surface area contributed by atoms with Gasteiger partial charge in [-0.3, -0.25) is 0 Å². The molecule has 1 unspecified atom stereocenters. The molecule has 14 heavy (non-hydrogen) atoms. The molecule has 1 radical (unpaired) electrons. The average Bonchev–Trinajstić information content (AvgIpc) is 2.27. The molecule has 1 atom stereocenters. The molecular formula is C13H19O. The molecule has 1 rings (SSSR count). The minimum Gasteiger partial charge on any atom is -0.396 e. The molecule has 0 heterocycles. The minimum absolute atomic E-state index is 0.0106. The van der Waals surface area contributed by atoms with Gasteiger partial charge in [-0.15, -0.1) is 0 Å². The van der Waals surface area contributed by atoms with Crippen LogP contribution in [0.15, 0.2) is 18.2 Å². The lowest BCUT2D eigenvalue weighted by atomic mass is 9.92. The molecule has 0 amide bonds. The van der Waals surface area contributed by atoms with Crippen molar-refractivity contribution in [2.75, 3.05) is 6.61 Å². The van der Waals surface area contributed by atoms with Gasteiger partial charge in [0.05, 0.1) is 0 Å². The fourth-order valence-electron chi connectivity index (χ4n) is 1.66. The average molecular weight is 191 g/mol. The molecule has 0 saturated carbocycles. The lowest BCUT2D eigenvalue weighted by Crippen LogP contribution is -2.04. The van der Waals surface area contributed by atoms with Crippen LogP contribution in [0.2, 0.25) is 0 Å². The highest BCUT2D eigenvalue weighted by molar-refractivity contribution is 5.35. The number of hydrogen-bond acceptors (Lipinski definition) is 1. The van der Waals surface area contributed by atoms with Crippen LogP contribution in [0.5, 0.6) is 0 Å². The minimum atomic E-state index is 0.0106. The van der Waals surface area contributed by atoms with Gasteiger partial charge in [-0.1, -0.05) is 32.0 Å². The molecule has 0 spiro atoms. The first-order valence-corrected chi connectivity index (χ1v) is 5.28. The maximum Gasteiger partial charge on any atom is 0.0499 e. The Bertz CT molecular complexity index is 291. The second kappa shape index (κ2) is 5.16. The van der Waals surface area contributed by atoms with Gasteiger partial charge in [0.2, 0.25) is 0 Å². The van der Waals surface area contributed by atoms with Crippen LogP contribution in [-0.2, 0) is 12.8 Å². The van der Waals surface area contributed by atoms with Crippen molar-refractivity contribution >= 4 is 0 Å². The SMILES string of the molecule is [CH2]C(CO)c1cc(CC)ccc1CC. The molecule has 0 bridgehead atoms. The normalized spacial score (nSPS) is 12.9. The first kappa shape index (κ1) is 11.3. The highest BCUT2D eigenvalue weighted by Gasteiger charge is 2.09. The van der Waals surface area contributed by atoms with Crippen LogP contribution in [0.4, 0.5) is 0 Å². The molecule has 1 N–H and O–H groups in total. The summed E-state index contributed by atoms with van der Waals surface area (Å²) in [5.41, 5.74) is 3.82. The number of aliphatic hydroxyl groups excluding tert-OH is 1. The van der Waals surface area contributed by atoms with E-state index in [1.807, 2.05) is 0 Å². The van der Waals surface area contributed by atoms with Gasteiger partial charge in [-0.05, 0) is 36.5 Å². The number of benzene rings is 1. The van der Waals surface area contributed by atoms with Crippen molar-refractivity contribution in [2.45, 2.75) is 32.6 Å². The molecule has 1 aromatic rings.